The van der Waals surface area contributed by atoms with E-state index in [0.29, 0.717) is 23.1 Å². The van der Waals surface area contributed by atoms with E-state index >= 15 is 0 Å². The van der Waals surface area contributed by atoms with Gasteiger partial charge in [-0.05, 0) is 25.3 Å². The predicted molar refractivity (Wildman–Crippen MR) is 120 cm³/mol. The number of nitrogens with zero attached hydrogens (tertiary/aromatic N) is 2. The number of carbonyl (C=O) groups is 3. The van der Waals surface area contributed by atoms with Gasteiger partial charge in [0.1, 0.15) is 5.92 Å². The molecule has 1 aliphatic heterocycles. The number of benzene rings is 1. The highest BCUT2D eigenvalue weighted by Crippen LogP contribution is 2.32. The number of nitrogens with one attached hydrogen (secondary N) is 1. The third-order valence-electron chi connectivity index (χ3n) is 5.45. The summed E-state index contributed by atoms with van der Waals surface area (Å²) in [5, 5.41) is 6.84. The second-order valence-electron chi connectivity index (χ2n) is 8.01. The molecule has 0 radical (unpaired) electrons. The first kappa shape index (κ1) is 24.7. The number of hydrogen-bond donors (Lipinski definition) is 1. The van der Waals surface area contributed by atoms with Crippen LogP contribution in [0.4, 0.5) is 0 Å². The van der Waals surface area contributed by atoms with Gasteiger partial charge in [-0.1, -0.05) is 43.3 Å². The molecular weight excluding hydrogens is 442 g/mol. The van der Waals surface area contributed by atoms with Crippen LogP contribution in [0.2, 0.25) is 0 Å². The maximum atomic E-state index is 13.1. The number of aromatic nitrogens is 2. The van der Waals surface area contributed by atoms with Gasteiger partial charge in [0, 0.05) is 17.0 Å². The first-order valence-corrected chi connectivity index (χ1v) is 10.6. The van der Waals surface area contributed by atoms with Gasteiger partial charge in [-0.25, -0.2) is 9.59 Å². The predicted octanol–water partition coefficient (Wildman–Crippen LogP) is 3.02. The Bertz CT molecular complexity index is 1120. The van der Waals surface area contributed by atoms with Gasteiger partial charge in [0.2, 0.25) is 5.82 Å². The summed E-state index contributed by atoms with van der Waals surface area (Å²) in [6.45, 7) is 7.05. The zero-order valence-electron chi connectivity index (χ0n) is 19.9. The number of esters is 3. The lowest BCUT2D eigenvalue weighted by atomic mass is 9.85. The van der Waals surface area contributed by atoms with Gasteiger partial charge in [0.15, 0.2) is 6.61 Å². The van der Waals surface area contributed by atoms with Crippen LogP contribution < -0.4 is 5.32 Å². The van der Waals surface area contributed by atoms with Crippen LogP contribution in [-0.4, -0.2) is 42.3 Å². The van der Waals surface area contributed by atoms with Crippen molar-refractivity contribution in [1.29, 1.82) is 0 Å². The molecular formula is C24H27N3O7. The minimum Gasteiger partial charge on any atom is -0.466 e. The van der Waals surface area contributed by atoms with E-state index in [-0.39, 0.29) is 23.6 Å². The Morgan fingerprint density at radius 2 is 1.56 bits per heavy atom. The Hall–Kier alpha value is -3.95. The van der Waals surface area contributed by atoms with Crippen LogP contribution >= 0.6 is 0 Å². The Labute approximate surface area is 197 Å². The van der Waals surface area contributed by atoms with E-state index in [2.05, 4.69) is 29.3 Å². The van der Waals surface area contributed by atoms with Crippen LogP contribution in [0.5, 0.6) is 0 Å². The molecule has 10 heteroatoms. The van der Waals surface area contributed by atoms with Crippen molar-refractivity contribution < 1.29 is 33.1 Å². The van der Waals surface area contributed by atoms with Gasteiger partial charge in [-0.3, -0.25) is 4.79 Å². The summed E-state index contributed by atoms with van der Waals surface area (Å²) >= 11 is 0. The molecule has 3 rings (SSSR count). The van der Waals surface area contributed by atoms with Crippen molar-refractivity contribution in [3.63, 3.8) is 0 Å². The summed E-state index contributed by atoms with van der Waals surface area (Å²) in [6, 6.07) is 7.74. The van der Waals surface area contributed by atoms with E-state index in [1.54, 1.807) is 13.8 Å². The van der Waals surface area contributed by atoms with Crippen LogP contribution in [0.3, 0.4) is 0 Å². The Morgan fingerprint density at radius 1 is 1.00 bits per heavy atom. The molecule has 1 aliphatic rings. The summed E-state index contributed by atoms with van der Waals surface area (Å²) in [5.74, 6) is -2.94. The van der Waals surface area contributed by atoms with Gasteiger partial charge in [-0.2, -0.15) is 4.98 Å². The van der Waals surface area contributed by atoms with E-state index in [4.69, 9.17) is 18.7 Å². The number of hydrogen-bond acceptors (Lipinski definition) is 10. The third kappa shape index (κ3) is 5.00. The van der Waals surface area contributed by atoms with E-state index < -0.39 is 23.8 Å². The standard InChI is InChI=1S/C24H27N3O7/c1-12(2)15-7-9-16(10-8-15)21-26-17(34-27-21)11-33-24(30)20-18(22(28)31-5)13(3)25-14(4)19(20)23(29)32-6/h7-10,12,20,25H,11H2,1-6H3. The fourth-order valence-corrected chi connectivity index (χ4v) is 3.65. The molecule has 1 aromatic heterocycles. The molecule has 0 unspecified atom stereocenters. The number of ether oxygens (including phenoxy) is 3. The fourth-order valence-electron chi connectivity index (χ4n) is 3.65. The summed E-state index contributed by atoms with van der Waals surface area (Å²) in [7, 11) is 2.36. The zero-order chi connectivity index (χ0) is 25.0. The highest BCUT2D eigenvalue weighted by atomic mass is 16.6. The average Bonchev–Trinajstić information content (AvgIpc) is 3.30. The molecule has 10 nitrogen and oxygen atoms in total. The van der Waals surface area contributed by atoms with Crippen LogP contribution in [-0.2, 0) is 35.2 Å². The largest absolute Gasteiger partial charge is 0.466 e. The molecule has 1 aromatic carbocycles. The molecule has 0 saturated carbocycles. The van der Waals surface area contributed by atoms with E-state index in [0.717, 1.165) is 5.56 Å². The Morgan fingerprint density at radius 3 is 2.06 bits per heavy atom. The second kappa shape index (κ2) is 10.3. The molecule has 1 N–H and O–H groups in total. The maximum Gasteiger partial charge on any atom is 0.336 e. The van der Waals surface area contributed by atoms with E-state index in [1.165, 1.54) is 19.8 Å². The molecule has 0 spiro atoms. The summed E-state index contributed by atoms with van der Waals surface area (Å²) in [4.78, 5) is 42.2. The minimum absolute atomic E-state index is 0.0463. The molecule has 180 valence electrons. The van der Waals surface area contributed by atoms with Gasteiger partial charge < -0.3 is 24.1 Å². The average molecular weight is 469 g/mol. The molecule has 0 saturated heterocycles. The Kier molecular flexibility index (Phi) is 7.50. The van der Waals surface area contributed by atoms with Crippen LogP contribution in [0.25, 0.3) is 11.4 Å². The SMILES string of the molecule is COC(=O)C1=C(C)NC(C)=C(C(=O)OC)C1C(=O)OCc1nc(-c2ccc(C(C)C)cc2)no1. The minimum atomic E-state index is -1.34. The zero-order valence-corrected chi connectivity index (χ0v) is 19.9. The third-order valence-corrected chi connectivity index (χ3v) is 5.45. The number of dihydropyridines is 1. The second-order valence-corrected chi connectivity index (χ2v) is 8.01. The summed E-state index contributed by atoms with van der Waals surface area (Å²) in [6.07, 6.45) is 0. The number of carbonyl (C=O) groups excluding carboxylic acids is 3. The quantitative estimate of drug-likeness (QED) is 0.477. The van der Waals surface area contributed by atoms with Gasteiger partial charge in [0.25, 0.3) is 5.89 Å². The lowest BCUT2D eigenvalue weighted by molar-refractivity contribution is -0.152. The van der Waals surface area contributed by atoms with E-state index in [1.807, 2.05) is 24.3 Å². The lowest BCUT2D eigenvalue weighted by Gasteiger charge is -2.28. The molecule has 0 amide bonds. The van der Waals surface area contributed by atoms with Crippen LogP contribution in [0.1, 0.15) is 45.1 Å². The first-order chi connectivity index (χ1) is 16.2. The summed E-state index contributed by atoms with van der Waals surface area (Å²) < 4.78 is 20.2. The first-order valence-electron chi connectivity index (χ1n) is 10.6. The van der Waals surface area contributed by atoms with Crippen molar-refractivity contribution in [2.45, 2.75) is 40.2 Å². The van der Waals surface area contributed by atoms with Crippen molar-refractivity contribution in [1.82, 2.24) is 15.5 Å². The van der Waals surface area contributed by atoms with Crippen molar-refractivity contribution in [3.8, 4) is 11.4 Å². The number of allylic oxidation sites excluding steroid dienone is 2. The smallest absolute Gasteiger partial charge is 0.336 e. The lowest BCUT2D eigenvalue weighted by Crippen LogP contribution is -2.37. The topological polar surface area (TPSA) is 130 Å². The molecule has 34 heavy (non-hydrogen) atoms. The highest BCUT2D eigenvalue weighted by molar-refractivity contribution is 6.05. The van der Waals surface area contributed by atoms with Crippen LogP contribution in [0, 0.1) is 5.92 Å². The van der Waals surface area contributed by atoms with E-state index in [9.17, 15) is 14.4 Å². The monoisotopic (exact) mass is 469 g/mol. The van der Waals surface area contributed by atoms with Gasteiger partial charge >= 0.3 is 17.9 Å². The fraction of sp³-hybridized carbons (Fsp3) is 0.375. The number of methoxy groups -OCH3 is 2. The normalized spacial score (nSPS) is 14.2. The van der Waals surface area contributed by atoms with Crippen molar-refractivity contribution in [3.05, 3.63) is 58.3 Å². The Balaban J connectivity index is 1.81. The molecule has 0 fully saturated rings. The van der Waals surface area contributed by atoms with Crippen molar-refractivity contribution >= 4 is 17.9 Å². The van der Waals surface area contributed by atoms with Crippen molar-refractivity contribution in [2.75, 3.05) is 14.2 Å². The molecule has 0 bridgehead atoms. The van der Waals surface area contributed by atoms with Gasteiger partial charge in [0.05, 0.1) is 25.4 Å². The highest BCUT2D eigenvalue weighted by Gasteiger charge is 2.42. The van der Waals surface area contributed by atoms with Crippen LogP contribution in [0.15, 0.2) is 51.3 Å². The maximum absolute atomic E-state index is 13.1. The van der Waals surface area contributed by atoms with Gasteiger partial charge in [-0.15, -0.1) is 0 Å². The molecule has 2 heterocycles. The molecule has 0 aliphatic carbocycles. The number of rotatable bonds is 7. The molecule has 2 aromatic rings. The summed E-state index contributed by atoms with van der Waals surface area (Å²) in [5.41, 5.74) is 2.57. The van der Waals surface area contributed by atoms with Crippen molar-refractivity contribution in [2.24, 2.45) is 5.92 Å². The molecule has 0 atom stereocenters.